The van der Waals surface area contributed by atoms with Crippen LogP contribution in [0.4, 0.5) is 11.5 Å². The predicted molar refractivity (Wildman–Crippen MR) is 122 cm³/mol. The molecule has 2 N–H and O–H groups in total. The summed E-state index contributed by atoms with van der Waals surface area (Å²) in [4.78, 5) is 20.1. The van der Waals surface area contributed by atoms with E-state index in [1.807, 2.05) is 6.07 Å². The Morgan fingerprint density at radius 2 is 1.94 bits per heavy atom. The number of pyridine rings is 1. The van der Waals surface area contributed by atoms with E-state index in [9.17, 15) is 4.79 Å². The van der Waals surface area contributed by atoms with E-state index in [2.05, 4.69) is 51.2 Å². The van der Waals surface area contributed by atoms with E-state index < -0.39 is 0 Å². The zero-order valence-corrected chi connectivity index (χ0v) is 17.7. The molecule has 2 atom stereocenters. The van der Waals surface area contributed by atoms with Gasteiger partial charge in [-0.1, -0.05) is 31.9 Å². The Hall–Kier alpha value is -2.93. The van der Waals surface area contributed by atoms with E-state index in [0.29, 0.717) is 17.1 Å². The summed E-state index contributed by atoms with van der Waals surface area (Å²) >= 11 is 0. The van der Waals surface area contributed by atoms with Crippen LogP contribution in [0.25, 0.3) is 10.9 Å². The molecule has 2 fully saturated rings. The number of hydrogen-bond donors (Lipinski definition) is 2. The third-order valence-corrected chi connectivity index (χ3v) is 7.13. The molecule has 2 aliphatic heterocycles. The van der Waals surface area contributed by atoms with Crippen molar-refractivity contribution in [1.82, 2.24) is 14.8 Å². The van der Waals surface area contributed by atoms with Crippen LogP contribution in [-0.2, 0) is 10.2 Å². The second-order valence-electron chi connectivity index (χ2n) is 9.38. The zero-order chi connectivity index (χ0) is 21.0. The predicted octanol–water partition coefficient (Wildman–Crippen LogP) is 3.94. The van der Waals surface area contributed by atoms with Crippen molar-refractivity contribution in [3.8, 4) is 0 Å². The quantitative estimate of drug-likeness (QED) is 0.659. The first-order valence-electron chi connectivity index (χ1n) is 11.2. The molecular formula is C24H27N5O2. The Morgan fingerprint density at radius 3 is 2.65 bits per heavy atom. The maximum Gasteiger partial charge on any atom is 0.261 e. The number of benzene rings is 1. The highest BCUT2D eigenvalue weighted by Gasteiger charge is 2.36. The van der Waals surface area contributed by atoms with Crippen molar-refractivity contribution in [2.45, 2.75) is 44.1 Å². The van der Waals surface area contributed by atoms with E-state index in [-0.39, 0.29) is 17.0 Å². The Bertz CT molecular complexity index is 1220. The Kier molecular flexibility index (Phi) is 4.28. The molecule has 3 aromatic rings. The van der Waals surface area contributed by atoms with Crippen molar-refractivity contribution >= 4 is 28.1 Å². The number of aromatic amines is 1. The first-order valence-corrected chi connectivity index (χ1v) is 11.2. The summed E-state index contributed by atoms with van der Waals surface area (Å²) in [6.07, 6.45) is 6.37. The van der Waals surface area contributed by atoms with Crippen LogP contribution in [-0.4, -0.2) is 40.2 Å². The van der Waals surface area contributed by atoms with Crippen molar-refractivity contribution in [3.63, 3.8) is 0 Å². The van der Waals surface area contributed by atoms with Gasteiger partial charge in [-0.05, 0) is 36.6 Å². The minimum absolute atomic E-state index is 0.103. The smallest absolute Gasteiger partial charge is 0.261 e. The lowest BCUT2D eigenvalue weighted by molar-refractivity contribution is -0.0499. The second-order valence-corrected chi connectivity index (χ2v) is 9.38. The highest BCUT2D eigenvalue weighted by Crippen LogP contribution is 2.39. The lowest BCUT2D eigenvalue weighted by Gasteiger charge is -2.38. The van der Waals surface area contributed by atoms with Gasteiger partial charge in [0.25, 0.3) is 5.56 Å². The van der Waals surface area contributed by atoms with Gasteiger partial charge in [-0.25, -0.2) is 0 Å². The summed E-state index contributed by atoms with van der Waals surface area (Å²) in [5.41, 5.74) is 4.39. The van der Waals surface area contributed by atoms with Gasteiger partial charge in [-0.15, -0.1) is 0 Å². The molecule has 0 radical (unpaired) electrons. The molecule has 0 spiro atoms. The second kappa shape index (κ2) is 7.05. The molecule has 160 valence electrons. The van der Waals surface area contributed by atoms with Crippen LogP contribution >= 0.6 is 0 Å². The first-order chi connectivity index (χ1) is 15.1. The normalized spacial score (nSPS) is 24.5. The van der Waals surface area contributed by atoms with E-state index in [0.717, 1.165) is 43.8 Å². The highest BCUT2D eigenvalue weighted by molar-refractivity contribution is 5.99. The first kappa shape index (κ1) is 18.8. The van der Waals surface area contributed by atoms with Gasteiger partial charge in [0.15, 0.2) is 5.82 Å². The fourth-order valence-corrected chi connectivity index (χ4v) is 5.18. The summed E-state index contributed by atoms with van der Waals surface area (Å²) in [6, 6.07) is 10.6. The van der Waals surface area contributed by atoms with Crippen LogP contribution < -0.4 is 10.9 Å². The van der Waals surface area contributed by atoms with Gasteiger partial charge >= 0.3 is 0 Å². The minimum Gasteiger partial charge on any atom is -0.379 e. The van der Waals surface area contributed by atoms with E-state index in [4.69, 9.17) is 9.84 Å². The standard InChI is InChI=1S/C24H27N5O2/c1-24(13-31-14-24)15-6-8-16(9-7-15)27-22-21-20(10-11-25-23(21)30)29(28-22)19-5-3-2-4-17(19)18-12-26-18/h6-11,17,19H,2-5,12-14H2,1H3,(H,25,30)(H,27,28). The lowest BCUT2D eigenvalue weighted by atomic mass is 9.81. The van der Waals surface area contributed by atoms with Crippen molar-refractivity contribution in [3.05, 3.63) is 52.4 Å². The van der Waals surface area contributed by atoms with Gasteiger partial charge in [-0.2, -0.15) is 5.10 Å². The van der Waals surface area contributed by atoms with Gasteiger partial charge in [-0.3, -0.25) is 14.5 Å². The number of H-pyrrole nitrogens is 1. The summed E-state index contributed by atoms with van der Waals surface area (Å²) in [7, 11) is 0. The van der Waals surface area contributed by atoms with Crippen molar-refractivity contribution in [1.29, 1.82) is 0 Å². The Labute approximate surface area is 180 Å². The largest absolute Gasteiger partial charge is 0.379 e. The number of ether oxygens (including phenoxy) is 1. The summed E-state index contributed by atoms with van der Waals surface area (Å²) < 4.78 is 7.48. The topological polar surface area (TPSA) is 84.3 Å². The maximum atomic E-state index is 12.8. The molecule has 2 aromatic heterocycles. The van der Waals surface area contributed by atoms with Crippen LogP contribution in [0.5, 0.6) is 0 Å². The fourth-order valence-electron chi connectivity index (χ4n) is 5.18. The molecule has 7 nitrogen and oxygen atoms in total. The highest BCUT2D eigenvalue weighted by atomic mass is 16.5. The van der Waals surface area contributed by atoms with Gasteiger partial charge < -0.3 is 15.0 Å². The number of nitrogens with one attached hydrogen (secondary N) is 2. The van der Waals surface area contributed by atoms with E-state index in [1.165, 1.54) is 24.1 Å². The van der Waals surface area contributed by atoms with Gasteiger partial charge in [0.2, 0.25) is 0 Å². The molecular weight excluding hydrogens is 390 g/mol. The Balaban J connectivity index is 1.37. The van der Waals surface area contributed by atoms with Gasteiger partial charge in [0.05, 0.1) is 31.3 Å². The molecule has 6 rings (SSSR count). The molecule has 1 saturated heterocycles. The third kappa shape index (κ3) is 3.19. The number of nitrogens with zero attached hydrogens (tertiary/aromatic N) is 3. The van der Waals surface area contributed by atoms with Crippen LogP contribution in [0.2, 0.25) is 0 Å². The summed E-state index contributed by atoms with van der Waals surface area (Å²) in [5.74, 6) is 1.05. The molecule has 1 aliphatic carbocycles. The molecule has 1 saturated carbocycles. The number of rotatable bonds is 5. The maximum absolute atomic E-state index is 12.8. The average molecular weight is 418 g/mol. The average Bonchev–Trinajstić information content (AvgIpc) is 3.55. The molecule has 0 bridgehead atoms. The van der Waals surface area contributed by atoms with Gasteiger partial charge in [0.1, 0.15) is 5.39 Å². The SMILES string of the molecule is CC1(c2ccc(Nc3nn(C4CCCCC4C4=NC4)c4cc[nH]c(=O)c34)cc2)COC1. The molecule has 2 unspecified atom stereocenters. The zero-order valence-electron chi connectivity index (χ0n) is 17.7. The van der Waals surface area contributed by atoms with Crippen LogP contribution in [0.3, 0.4) is 0 Å². The number of fused-ring (bicyclic) bond motifs is 1. The monoisotopic (exact) mass is 417 g/mol. The summed E-state index contributed by atoms with van der Waals surface area (Å²) in [5, 5.41) is 8.97. The molecule has 7 heteroatoms. The summed E-state index contributed by atoms with van der Waals surface area (Å²) in [6.45, 7) is 4.64. The molecule has 31 heavy (non-hydrogen) atoms. The fraction of sp³-hybridized carbons (Fsp3) is 0.458. The van der Waals surface area contributed by atoms with Crippen molar-refractivity contribution in [2.75, 3.05) is 25.1 Å². The van der Waals surface area contributed by atoms with Crippen molar-refractivity contribution < 1.29 is 4.74 Å². The third-order valence-electron chi connectivity index (χ3n) is 7.13. The molecule has 3 aliphatic rings. The lowest BCUT2D eigenvalue weighted by Crippen LogP contribution is -2.43. The molecule has 1 aromatic carbocycles. The number of hydrogen-bond acceptors (Lipinski definition) is 5. The van der Waals surface area contributed by atoms with Crippen LogP contribution in [0.15, 0.2) is 46.3 Å². The number of anilines is 2. The van der Waals surface area contributed by atoms with Crippen molar-refractivity contribution in [2.24, 2.45) is 10.9 Å². The number of aromatic nitrogens is 3. The van der Waals surface area contributed by atoms with Gasteiger partial charge in [0, 0.05) is 28.9 Å². The molecule has 4 heterocycles. The van der Waals surface area contributed by atoms with E-state index >= 15 is 0 Å². The number of aliphatic imine (C=N–C) groups is 1. The van der Waals surface area contributed by atoms with Crippen LogP contribution in [0, 0.1) is 5.92 Å². The minimum atomic E-state index is -0.113. The van der Waals surface area contributed by atoms with E-state index in [1.54, 1.807) is 6.20 Å². The Morgan fingerprint density at radius 1 is 1.16 bits per heavy atom. The van der Waals surface area contributed by atoms with Crippen LogP contribution in [0.1, 0.15) is 44.2 Å². The molecule has 0 amide bonds.